The lowest BCUT2D eigenvalue weighted by atomic mass is 9.97. The first-order valence-corrected chi connectivity index (χ1v) is 8.12. The summed E-state index contributed by atoms with van der Waals surface area (Å²) in [5.41, 5.74) is 1.20. The summed E-state index contributed by atoms with van der Waals surface area (Å²) in [7, 11) is 0. The highest BCUT2D eigenvalue weighted by Gasteiger charge is 2.46. The largest absolute Gasteiger partial charge is 0.481 e. The number of carboxylic acid groups (broad SMARTS) is 1. The van der Waals surface area contributed by atoms with E-state index in [0.717, 1.165) is 17.3 Å². The topological polar surface area (TPSA) is 57.6 Å². The summed E-state index contributed by atoms with van der Waals surface area (Å²) in [5, 5.41) is 9.11. The molecule has 0 bridgehead atoms. The van der Waals surface area contributed by atoms with Gasteiger partial charge in [-0.3, -0.25) is 9.59 Å². The van der Waals surface area contributed by atoms with E-state index in [1.54, 1.807) is 4.90 Å². The first-order valence-electron chi connectivity index (χ1n) is 7.33. The zero-order valence-electron chi connectivity index (χ0n) is 11.7. The molecule has 1 amide bonds. The number of nitrogens with zero attached hydrogens (tertiary/aromatic N) is 1. The fourth-order valence-electron chi connectivity index (χ4n) is 3.16. The molecule has 1 N–H and O–H groups in total. The van der Waals surface area contributed by atoms with Crippen molar-refractivity contribution >= 4 is 27.8 Å². The molecule has 112 valence electrons. The summed E-state index contributed by atoms with van der Waals surface area (Å²) in [4.78, 5) is 25.3. The molecule has 0 aromatic heterocycles. The summed E-state index contributed by atoms with van der Waals surface area (Å²) >= 11 is 3.41. The van der Waals surface area contributed by atoms with Gasteiger partial charge in [0.15, 0.2) is 0 Å². The average molecular weight is 352 g/mol. The minimum Gasteiger partial charge on any atom is -0.481 e. The first kappa shape index (κ1) is 14.6. The summed E-state index contributed by atoms with van der Waals surface area (Å²) in [6, 6.07) is 8.10. The second kappa shape index (κ2) is 5.79. The number of carboxylic acids is 1. The Morgan fingerprint density at radius 2 is 1.95 bits per heavy atom. The fraction of sp³-hybridized carbons (Fsp3) is 0.500. The van der Waals surface area contributed by atoms with E-state index in [0.29, 0.717) is 25.4 Å². The smallest absolute Gasteiger partial charge is 0.308 e. The molecule has 1 aromatic rings. The van der Waals surface area contributed by atoms with Crippen LogP contribution in [0.25, 0.3) is 0 Å². The molecular weight excluding hydrogens is 334 g/mol. The summed E-state index contributed by atoms with van der Waals surface area (Å²) < 4.78 is 1.04. The molecule has 5 heteroatoms. The van der Waals surface area contributed by atoms with Gasteiger partial charge in [0, 0.05) is 23.5 Å². The third-order valence-electron chi connectivity index (χ3n) is 4.49. The van der Waals surface area contributed by atoms with Gasteiger partial charge >= 0.3 is 5.97 Å². The van der Waals surface area contributed by atoms with Gasteiger partial charge in [-0.1, -0.05) is 28.1 Å². The average Bonchev–Trinajstić information content (AvgIpc) is 3.28. The van der Waals surface area contributed by atoms with Crippen LogP contribution in [-0.4, -0.2) is 35.0 Å². The fourth-order valence-corrected chi connectivity index (χ4v) is 3.42. The molecule has 1 aliphatic carbocycles. The van der Waals surface area contributed by atoms with Crippen LogP contribution in [0.15, 0.2) is 28.7 Å². The molecule has 0 spiro atoms. The number of carbonyl (C=O) groups is 2. The number of aliphatic carboxylic acids is 1. The van der Waals surface area contributed by atoms with Gasteiger partial charge in [0.1, 0.15) is 0 Å². The maximum atomic E-state index is 12.5. The van der Waals surface area contributed by atoms with Gasteiger partial charge in [0.25, 0.3) is 0 Å². The number of likely N-dealkylation sites (tertiary alicyclic amines) is 1. The molecule has 1 saturated heterocycles. The first-order chi connectivity index (χ1) is 10.1. The Kier molecular flexibility index (Phi) is 4.02. The van der Waals surface area contributed by atoms with Crippen LogP contribution in [-0.2, 0) is 9.59 Å². The van der Waals surface area contributed by atoms with Crippen LogP contribution < -0.4 is 0 Å². The third kappa shape index (κ3) is 3.12. The Bertz CT molecular complexity index is 557. The monoisotopic (exact) mass is 351 g/mol. The number of carbonyl (C=O) groups excluding carboxylic acids is 1. The number of benzene rings is 1. The predicted octanol–water partition coefficient (Wildman–Crippen LogP) is 2.88. The lowest BCUT2D eigenvalue weighted by Crippen LogP contribution is -2.43. The minimum atomic E-state index is -0.784. The van der Waals surface area contributed by atoms with E-state index < -0.39 is 11.9 Å². The normalized spacial score (nSPS) is 28.2. The lowest BCUT2D eigenvalue weighted by molar-refractivity contribution is -0.146. The maximum absolute atomic E-state index is 12.5. The zero-order chi connectivity index (χ0) is 15.0. The molecule has 3 rings (SSSR count). The molecule has 2 fully saturated rings. The second-order valence-electron chi connectivity index (χ2n) is 5.96. The zero-order valence-corrected chi connectivity index (χ0v) is 13.3. The van der Waals surface area contributed by atoms with E-state index in [2.05, 4.69) is 28.1 Å². The summed E-state index contributed by atoms with van der Waals surface area (Å²) in [6.45, 7) is 1.07. The number of rotatable bonds is 3. The van der Waals surface area contributed by atoms with Gasteiger partial charge in [-0.2, -0.15) is 0 Å². The van der Waals surface area contributed by atoms with Crippen LogP contribution in [0, 0.1) is 11.8 Å². The summed E-state index contributed by atoms with van der Waals surface area (Å²) in [6.07, 6.45) is 2.35. The van der Waals surface area contributed by atoms with E-state index in [1.807, 2.05) is 12.1 Å². The van der Waals surface area contributed by atoms with Gasteiger partial charge < -0.3 is 10.0 Å². The molecule has 1 aliphatic heterocycles. The van der Waals surface area contributed by atoms with Crippen molar-refractivity contribution in [1.82, 2.24) is 4.90 Å². The standard InChI is InChI=1S/C16H18BrNO3/c17-12-5-3-10(4-6-12)13-8-14(13)15(19)18-7-1-2-11(9-18)16(20)21/h3-6,11,13-14H,1-2,7-9H2,(H,20,21)/t11-,13?,14?/m0/s1. The highest BCUT2D eigenvalue weighted by atomic mass is 79.9. The van der Waals surface area contributed by atoms with Crippen LogP contribution >= 0.6 is 15.9 Å². The highest BCUT2D eigenvalue weighted by molar-refractivity contribution is 9.10. The number of piperidine rings is 1. The quantitative estimate of drug-likeness (QED) is 0.910. The molecule has 4 nitrogen and oxygen atoms in total. The third-order valence-corrected chi connectivity index (χ3v) is 5.02. The van der Waals surface area contributed by atoms with Crippen LogP contribution in [0.5, 0.6) is 0 Å². The van der Waals surface area contributed by atoms with E-state index in [9.17, 15) is 9.59 Å². The van der Waals surface area contributed by atoms with Gasteiger partial charge in [-0.25, -0.2) is 0 Å². The van der Waals surface area contributed by atoms with Crippen molar-refractivity contribution in [2.24, 2.45) is 11.8 Å². The molecular formula is C16H18BrNO3. The SMILES string of the molecule is O=C(O)[C@H]1CCCN(C(=O)C2CC2c2ccc(Br)cc2)C1. The number of hydrogen-bond acceptors (Lipinski definition) is 2. The molecule has 1 heterocycles. The van der Waals surface area contributed by atoms with Crippen molar-refractivity contribution < 1.29 is 14.7 Å². The Morgan fingerprint density at radius 1 is 1.24 bits per heavy atom. The van der Waals surface area contributed by atoms with Crippen molar-refractivity contribution in [1.29, 1.82) is 0 Å². The number of halogens is 1. The van der Waals surface area contributed by atoms with Crippen molar-refractivity contribution in [3.8, 4) is 0 Å². The Hall–Kier alpha value is -1.36. The molecule has 2 aliphatic rings. The Morgan fingerprint density at radius 3 is 2.62 bits per heavy atom. The van der Waals surface area contributed by atoms with Crippen molar-refractivity contribution in [2.45, 2.75) is 25.2 Å². The Labute approximate surface area is 132 Å². The van der Waals surface area contributed by atoms with E-state index in [1.165, 1.54) is 5.56 Å². The molecule has 2 unspecified atom stereocenters. The van der Waals surface area contributed by atoms with E-state index in [-0.39, 0.29) is 11.8 Å². The van der Waals surface area contributed by atoms with Gasteiger partial charge in [-0.05, 0) is 42.9 Å². The second-order valence-corrected chi connectivity index (χ2v) is 6.88. The molecule has 3 atom stereocenters. The van der Waals surface area contributed by atoms with Gasteiger partial charge in [0.2, 0.25) is 5.91 Å². The number of hydrogen-bond donors (Lipinski definition) is 1. The molecule has 1 saturated carbocycles. The molecule has 1 aromatic carbocycles. The van der Waals surface area contributed by atoms with Crippen LogP contribution in [0.3, 0.4) is 0 Å². The van der Waals surface area contributed by atoms with Crippen LogP contribution in [0.2, 0.25) is 0 Å². The van der Waals surface area contributed by atoms with E-state index >= 15 is 0 Å². The Balaban J connectivity index is 1.62. The van der Waals surface area contributed by atoms with Crippen LogP contribution in [0.1, 0.15) is 30.7 Å². The molecule has 21 heavy (non-hydrogen) atoms. The minimum absolute atomic E-state index is 0.0405. The van der Waals surface area contributed by atoms with E-state index in [4.69, 9.17) is 5.11 Å². The summed E-state index contributed by atoms with van der Waals surface area (Å²) in [5.74, 6) is -0.705. The highest BCUT2D eigenvalue weighted by Crippen LogP contribution is 2.48. The maximum Gasteiger partial charge on any atom is 0.308 e. The number of amides is 1. The molecule has 0 radical (unpaired) electrons. The lowest BCUT2D eigenvalue weighted by Gasteiger charge is -2.31. The van der Waals surface area contributed by atoms with Crippen molar-refractivity contribution in [2.75, 3.05) is 13.1 Å². The predicted molar refractivity (Wildman–Crippen MR) is 81.9 cm³/mol. The van der Waals surface area contributed by atoms with Crippen LogP contribution in [0.4, 0.5) is 0 Å². The van der Waals surface area contributed by atoms with Gasteiger partial charge in [0.05, 0.1) is 5.92 Å². The van der Waals surface area contributed by atoms with Crippen molar-refractivity contribution in [3.05, 3.63) is 34.3 Å². The van der Waals surface area contributed by atoms with Crippen molar-refractivity contribution in [3.63, 3.8) is 0 Å². The van der Waals surface area contributed by atoms with Gasteiger partial charge in [-0.15, -0.1) is 0 Å².